The molecule has 2 aromatic rings. The number of hydrogen-bond donors (Lipinski definition) is 2. The molecule has 0 atom stereocenters. The summed E-state index contributed by atoms with van der Waals surface area (Å²) < 4.78 is 14.7. The minimum Gasteiger partial charge on any atom is -0.478 e. The van der Waals surface area contributed by atoms with Crippen LogP contribution in [0.15, 0.2) is 29.3 Å². The molecular formula is C9H6FN3O3. The van der Waals surface area contributed by atoms with E-state index in [1.165, 1.54) is 12.3 Å². The third-order valence-electron chi connectivity index (χ3n) is 1.94. The largest absolute Gasteiger partial charge is 0.478 e. The molecule has 6 nitrogen and oxygen atoms in total. The number of rotatable bonds is 2. The molecule has 0 saturated heterocycles. The molecule has 0 bridgehead atoms. The summed E-state index contributed by atoms with van der Waals surface area (Å²) in [5.74, 6) is -2.65. The van der Waals surface area contributed by atoms with Crippen LogP contribution in [0.25, 0.3) is 5.82 Å². The second-order valence-electron chi connectivity index (χ2n) is 2.96. The predicted octanol–water partition coefficient (Wildman–Crippen LogP) is 0.398. The zero-order valence-electron chi connectivity index (χ0n) is 7.85. The van der Waals surface area contributed by atoms with Crippen molar-refractivity contribution in [1.82, 2.24) is 14.8 Å². The van der Waals surface area contributed by atoms with Crippen molar-refractivity contribution in [3.8, 4) is 5.82 Å². The van der Waals surface area contributed by atoms with E-state index in [9.17, 15) is 14.0 Å². The SMILES string of the molecule is O=C(O)c1ccnc(-n2ccc(=O)[nH]2)c1F. The maximum atomic E-state index is 13.6. The Morgan fingerprint density at radius 1 is 1.50 bits per heavy atom. The van der Waals surface area contributed by atoms with Crippen molar-refractivity contribution in [2.24, 2.45) is 0 Å². The lowest BCUT2D eigenvalue weighted by molar-refractivity contribution is 0.0691. The molecule has 0 spiro atoms. The molecule has 0 unspecified atom stereocenters. The van der Waals surface area contributed by atoms with Crippen molar-refractivity contribution < 1.29 is 14.3 Å². The van der Waals surface area contributed by atoms with E-state index in [2.05, 4.69) is 10.1 Å². The van der Waals surface area contributed by atoms with Crippen LogP contribution in [-0.2, 0) is 0 Å². The first-order chi connectivity index (χ1) is 7.59. The summed E-state index contributed by atoms with van der Waals surface area (Å²) in [6, 6.07) is 2.22. The summed E-state index contributed by atoms with van der Waals surface area (Å²) in [5, 5.41) is 11.0. The van der Waals surface area contributed by atoms with Gasteiger partial charge in [0.05, 0.1) is 0 Å². The van der Waals surface area contributed by atoms with Gasteiger partial charge in [-0.3, -0.25) is 9.89 Å². The highest BCUT2D eigenvalue weighted by Crippen LogP contribution is 2.12. The van der Waals surface area contributed by atoms with Crippen LogP contribution in [0.4, 0.5) is 4.39 Å². The second kappa shape index (κ2) is 3.61. The monoisotopic (exact) mass is 223 g/mol. The summed E-state index contributed by atoms with van der Waals surface area (Å²) in [6.07, 6.45) is 2.42. The van der Waals surface area contributed by atoms with Gasteiger partial charge < -0.3 is 5.11 Å². The molecule has 0 fully saturated rings. The normalized spacial score (nSPS) is 10.3. The Bertz CT molecular complexity index is 602. The molecule has 2 heterocycles. The minimum atomic E-state index is -1.39. The molecule has 0 radical (unpaired) electrons. The Balaban J connectivity index is 2.62. The van der Waals surface area contributed by atoms with E-state index in [1.807, 2.05) is 0 Å². The minimum absolute atomic E-state index is 0.262. The standard InChI is InChI=1S/C9H6FN3O3/c10-7-5(9(15)16)1-3-11-8(7)13-4-2-6(14)12-13/h1-4H,(H,12,14)(H,15,16). The van der Waals surface area contributed by atoms with E-state index in [-0.39, 0.29) is 5.82 Å². The Kier molecular flexibility index (Phi) is 2.28. The molecule has 2 N–H and O–H groups in total. The number of nitrogens with one attached hydrogen (secondary N) is 1. The van der Waals surface area contributed by atoms with Gasteiger partial charge in [0.15, 0.2) is 11.6 Å². The van der Waals surface area contributed by atoms with Gasteiger partial charge in [-0.2, -0.15) is 0 Å². The molecule has 0 aliphatic carbocycles. The summed E-state index contributed by atoms with van der Waals surface area (Å²) in [4.78, 5) is 25.2. The first kappa shape index (κ1) is 10.1. The topological polar surface area (TPSA) is 88.0 Å². The third-order valence-corrected chi connectivity index (χ3v) is 1.94. The summed E-state index contributed by atoms with van der Waals surface area (Å²) in [7, 11) is 0. The van der Waals surface area contributed by atoms with E-state index in [0.717, 1.165) is 16.9 Å². The third kappa shape index (κ3) is 1.58. The quantitative estimate of drug-likeness (QED) is 0.771. The number of carbonyl (C=O) groups is 1. The van der Waals surface area contributed by atoms with Crippen LogP contribution in [0.5, 0.6) is 0 Å². The van der Waals surface area contributed by atoms with Gasteiger partial charge in [0, 0.05) is 18.5 Å². The smallest absolute Gasteiger partial charge is 0.338 e. The van der Waals surface area contributed by atoms with E-state index in [0.29, 0.717) is 0 Å². The maximum absolute atomic E-state index is 13.6. The number of halogens is 1. The Labute approximate surface area is 88.0 Å². The zero-order chi connectivity index (χ0) is 11.7. The van der Waals surface area contributed by atoms with E-state index in [1.54, 1.807) is 0 Å². The summed E-state index contributed by atoms with van der Waals surface area (Å²) in [6.45, 7) is 0. The first-order valence-corrected chi connectivity index (χ1v) is 4.25. The van der Waals surface area contributed by atoms with Gasteiger partial charge in [-0.25, -0.2) is 18.9 Å². The highest BCUT2D eigenvalue weighted by atomic mass is 19.1. The lowest BCUT2D eigenvalue weighted by Gasteiger charge is -2.04. The number of nitrogens with zero attached hydrogens (tertiary/aromatic N) is 2. The fraction of sp³-hybridized carbons (Fsp3) is 0. The first-order valence-electron chi connectivity index (χ1n) is 4.25. The van der Waals surface area contributed by atoms with Crippen LogP contribution >= 0.6 is 0 Å². The Morgan fingerprint density at radius 2 is 2.25 bits per heavy atom. The van der Waals surface area contributed by atoms with Crippen LogP contribution in [0, 0.1) is 5.82 Å². The van der Waals surface area contributed by atoms with E-state index < -0.39 is 22.9 Å². The number of aromatic amines is 1. The molecule has 2 rings (SSSR count). The molecule has 0 aromatic carbocycles. The molecule has 2 aromatic heterocycles. The van der Waals surface area contributed by atoms with Gasteiger partial charge in [-0.1, -0.05) is 0 Å². The molecule has 16 heavy (non-hydrogen) atoms. The number of H-pyrrole nitrogens is 1. The molecule has 0 aliphatic rings. The molecule has 0 aliphatic heterocycles. The Morgan fingerprint density at radius 3 is 2.81 bits per heavy atom. The molecule has 0 saturated carbocycles. The molecule has 82 valence electrons. The van der Waals surface area contributed by atoms with Gasteiger partial charge >= 0.3 is 5.97 Å². The second-order valence-corrected chi connectivity index (χ2v) is 2.96. The number of carboxylic acid groups (broad SMARTS) is 1. The van der Waals surface area contributed by atoms with Crippen molar-refractivity contribution in [3.63, 3.8) is 0 Å². The molecule has 7 heteroatoms. The fourth-order valence-corrected chi connectivity index (χ4v) is 1.22. The van der Waals surface area contributed by atoms with E-state index >= 15 is 0 Å². The average Bonchev–Trinajstić information content (AvgIpc) is 2.64. The molecule has 0 amide bonds. The number of aromatic nitrogens is 3. The van der Waals surface area contributed by atoms with Gasteiger partial charge in [0.1, 0.15) is 5.56 Å². The lowest BCUT2D eigenvalue weighted by atomic mass is 10.2. The van der Waals surface area contributed by atoms with Crippen molar-refractivity contribution in [2.45, 2.75) is 0 Å². The number of carboxylic acids is 1. The van der Waals surface area contributed by atoms with Crippen molar-refractivity contribution >= 4 is 5.97 Å². The fourth-order valence-electron chi connectivity index (χ4n) is 1.22. The summed E-state index contributed by atoms with van der Waals surface area (Å²) in [5.41, 5.74) is -0.929. The van der Waals surface area contributed by atoms with Gasteiger partial charge in [-0.05, 0) is 6.07 Å². The maximum Gasteiger partial charge on any atom is 0.338 e. The van der Waals surface area contributed by atoms with Crippen molar-refractivity contribution in [1.29, 1.82) is 0 Å². The highest BCUT2D eigenvalue weighted by Gasteiger charge is 2.16. The number of aromatic carboxylic acids is 1. The van der Waals surface area contributed by atoms with Gasteiger partial charge in [0.25, 0.3) is 5.56 Å². The number of hydrogen-bond acceptors (Lipinski definition) is 3. The summed E-state index contributed by atoms with van der Waals surface area (Å²) >= 11 is 0. The van der Waals surface area contributed by atoms with Gasteiger partial charge in [0.2, 0.25) is 0 Å². The van der Waals surface area contributed by atoms with Crippen LogP contribution in [0.3, 0.4) is 0 Å². The van der Waals surface area contributed by atoms with Crippen LogP contribution < -0.4 is 5.56 Å². The Hall–Kier alpha value is -2.44. The van der Waals surface area contributed by atoms with Gasteiger partial charge in [-0.15, -0.1) is 0 Å². The van der Waals surface area contributed by atoms with Crippen molar-refractivity contribution in [3.05, 3.63) is 46.3 Å². The van der Waals surface area contributed by atoms with Crippen LogP contribution in [-0.4, -0.2) is 25.8 Å². The lowest BCUT2D eigenvalue weighted by Crippen LogP contribution is -2.10. The predicted molar refractivity (Wildman–Crippen MR) is 51.1 cm³/mol. The zero-order valence-corrected chi connectivity index (χ0v) is 7.85. The van der Waals surface area contributed by atoms with Crippen LogP contribution in [0.1, 0.15) is 10.4 Å². The number of pyridine rings is 1. The average molecular weight is 223 g/mol. The van der Waals surface area contributed by atoms with Crippen molar-refractivity contribution in [2.75, 3.05) is 0 Å². The van der Waals surface area contributed by atoms with Crippen LogP contribution in [0.2, 0.25) is 0 Å². The molecular weight excluding hydrogens is 217 g/mol. The van der Waals surface area contributed by atoms with E-state index in [4.69, 9.17) is 5.11 Å². The highest BCUT2D eigenvalue weighted by molar-refractivity contribution is 5.88.